The molecule has 0 saturated carbocycles. The van der Waals surface area contributed by atoms with Crippen molar-refractivity contribution in [3.63, 3.8) is 0 Å². The van der Waals surface area contributed by atoms with Gasteiger partial charge in [0.15, 0.2) is 6.04 Å². The molecule has 182 valence electrons. The first-order valence-corrected chi connectivity index (χ1v) is 10.6. The Bertz CT molecular complexity index is 954. The maximum absolute atomic E-state index is 12.8. The number of carbonyl (C=O) groups is 4. The number of esters is 1. The number of nitrogens with one attached hydrogen (secondary N) is 3. The summed E-state index contributed by atoms with van der Waals surface area (Å²) in [5, 5.41) is 16.8. The van der Waals surface area contributed by atoms with Gasteiger partial charge in [-0.05, 0) is 18.1 Å². The number of aliphatic hydroxyl groups is 1. The predicted octanol–water partition coefficient (Wildman–Crippen LogP) is 0.679. The largest absolute Gasteiger partial charge is 0.467 e. The summed E-state index contributed by atoms with van der Waals surface area (Å²) < 4.78 is 9.67. The molecule has 2 rings (SSSR count). The molecule has 4 N–H and O–H groups in total. The van der Waals surface area contributed by atoms with Crippen LogP contribution < -0.4 is 16.0 Å². The second kappa shape index (κ2) is 13.6. The third kappa shape index (κ3) is 8.55. The van der Waals surface area contributed by atoms with E-state index in [-0.39, 0.29) is 13.0 Å². The second-order valence-electron chi connectivity index (χ2n) is 7.45. The van der Waals surface area contributed by atoms with Crippen LogP contribution in [0.4, 0.5) is 4.79 Å². The van der Waals surface area contributed by atoms with E-state index in [0.717, 1.165) is 18.2 Å². The Hall–Kier alpha value is -3.92. The van der Waals surface area contributed by atoms with Crippen molar-refractivity contribution in [3.05, 3.63) is 71.8 Å². The highest BCUT2D eigenvalue weighted by Gasteiger charge is 2.28. The zero-order valence-corrected chi connectivity index (χ0v) is 19.0. The van der Waals surface area contributed by atoms with Crippen molar-refractivity contribution in [2.45, 2.75) is 38.1 Å². The van der Waals surface area contributed by atoms with Crippen molar-refractivity contribution in [2.24, 2.45) is 0 Å². The van der Waals surface area contributed by atoms with Crippen LogP contribution in [-0.2, 0) is 36.9 Å². The molecule has 0 heterocycles. The van der Waals surface area contributed by atoms with Crippen LogP contribution in [0.5, 0.6) is 0 Å². The van der Waals surface area contributed by atoms with Gasteiger partial charge in [-0.2, -0.15) is 0 Å². The van der Waals surface area contributed by atoms with E-state index >= 15 is 0 Å². The highest BCUT2D eigenvalue weighted by Crippen LogP contribution is 2.05. The molecular weight excluding hydrogens is 442 g/mol. The summed E-state index contributed by atoms with van der Waals surface area (Å²) in [6.45, 7) is 0.813. The maximum atomic E-state index is 12.8. The molecule has 0 bridgehead atoms. The molecule has 0 fully saturated rings. The average Bonchev–Trinajstić information content (AvgIpc) is 2.86. The van der Waals surface area contributed by atoms with E-state index in [1.54, 1.807) is 36.4 Å². The van der Waals surface area contributed by atoms with Gasteiger partial charge in [0.05, 0.1) is 13.7 Å². The van der Waals surface area contributed by atoms with Crippen LogP contribution in [-0.4, -0.2) is 60.8 Å². The normalized spacial score (nSPS) is 13.0. The van der Waals surface area contributed by atoms with E-state index < -0.39 is 48.6 Å². The summed E-state index contributed by atoms with van der Waals surface area (Å²) in [4.78, 5) is 49.3. The Balaban J connectivity index is 2.00. The van der Waals surface area contributed by atoms with Crippen LogP contribution in [0.15, 0.2) is 60.7 Å². The van der Waals surface area contributed by atoms with Gasteiger partial charge in [0.2, 0.25) is 11.8 Å². The van der Waals surface area contributed by atoms with Gasteiger partial charge >= 0.3 is 12.1 Å². The van der Waals surface area contributed by atoms with Crippen molar-refractivity contribution >= 4 is 23.9 Å². The first kappa shape index (κ1) is 26.3. The molecule has 0 radical (unpaired) electrons. The molecule has 3 amide bonds. The fourth-order valence-corrected chi connectivity index (χ4v) is 2.96. The summed E-state index contributed by atoms with van der Waals surface area (Å²) >= 11 is 0. The highest BCUT2D eigenvalue weighted by atomic mass is 16.5. The van der Waals surface area contributed by atoms with E-state index in [4.69, 9.17) is 4.74 Å². The van der Waals surface area contributed by atoms with E-state index in [1.807, 2.05) is 24.3 Å². The van der Waals surface area contributed by atoms with Crippen molar-refractivity contribution in [1.29, 1.82) is 0 Å². The van der Waals surface area contributed by atoms with Gasteiger partial charge in [-0.15, -0.1) is 0 Å². The summed E-state index contributed by atoms with van der Waals surface area (Å²) in [6, 6.07) is 14.6. The predicted molar refractivity (Wildman–Crippen MR) is 122 cm³/mol. The van der Waals surface area contributed by atoms with Crippen molar-refractivity contribution in [2.75, 3.05) is 13.7 Å². The number of ether oxygens (including phenoxy) is 2. The van der Waals surface area contributed by atoms with Crippen LogP contribution >= 0.6 is 0 Å². The van der Waals surface area contributed by atoms with E-state index in [9.17, 15) is 24.3 Å². The van der Waals surface area contributed by atoms with Gasteiger partial charge in [0.1, 0.15) is 18.7 Å². The van der Waals surface area contributed by atoms with Crippen LogP contribution in [0.3, 0.4) is 0 Å². The van der Waals surface area contributed by atoms with E-state index in [1.165, 1.54) is 6.92 Å². The minimum absolute atomic E-state index is 0.0378. The number of carbonyl (C=O) groups excluding carboxylic acids is 4. The number of alkyl carbamates (subject to hydrolysis) is 1. The number of methoxy groups -OCH3 is 1. The highest BCUT2D eigenvalue weighted by molar-refractivity contribution is 5.93. The van der Waals surface area contributed by atoms with Crippen molar-refractivity contribution in [3.8, 4) is 0 Å². The summed E-state index contributed by atoms with van der Waals surface area (Å²) in [5.41, 5.74) is 1.54. The minimum Gasteiger partial charge on any atom is -0.467 e. The Morgan fingerprint density at radius 2 is 1.38 bits per heavy atom. The zero-order chi connectivity index (χ0) is 24.9. The molecule has 0 unspecified atom stereocenters. The van der Waals surface area contributed by atoms with Crippen LogP contribution in [0.25, 0.3) is 0 Å². The fourth-order valence-electron chi connectivity index (χ4n) is 2.96. The van der Waals surface area contributed by atoms with E-state index in [0.29, 0.717) is 0 Å². The monoisotopic (exact) mass is 471 g/mol. The molecule has 0 aliphatic rings. The minimum atomic E-state index is -1.28. The molecule has 0 aromatic heterocycles. The third-order valence-corrected chi connectivity index (χ3v) is 4.84. The molecular formula is C24H29N3O7. The van der Waals surface area contributed by atoms with Crippen LogP contribution in [0, 0.1) is 0 Å². The Morgan fingerprint density at radius 3 is 1.94 bits per heavy atom. The maximum Gasteiger partial charge on any atom is 0.408 e. The molecule has 0 saturated heterocycles. The first-order chi connectivity index (χ1) is 16.3. The third-order valence-electron chi connectivity index (χ3n) is 4.84. The van der Waals surface area contributed by atoms with Crippen molar-refractivity contribution in [1.82, 2.24) is 16.0 Å². The lowest BCUT2D eigenvalue weighted by molar-refractivity contribution is -0.146. The number of hydrogen-bond donors (Lipinski definition) is 4. The van der Waals surface area contributed by atoms with Gasteiger partial charge in [0.25, 0.3) is 0 Å². The molecule has 0 aliphatic carbocycles. The SMILES string of the molecule is COC(=O)[C@H](CO)NC(=O)[C@H](Cc1ccccc1)NC(=O)[C@H](C)NC(=O)OCc1ccccc1. The van der Waals surface area contributed by atoms with Gasteiger partial charge < -0.3 is 30.5 Å². The number of aliphatic hydroxyl groups excluding tert-OH is 1. The smallest absolute Gasteiger partial charge is 0.408 e. The quantitative estimate of drug-likeness (QED) is 0.353. The molecule has 10 nitrogen and oxygen atoms in total. The number of benzene rings is 2. The topological polar surface area (TPSA) is 143 Å². The number of rotatable bonds is 11. The fraction of sp³-hybridized carbons (Fsp3) is 0.333. The molecule has 0 aliphatic heterocycles. The Labute approximate surface area is 197 Å². The Morgan fingerprint density at radius 1 is 0.824 bits per heavy atom. The summed E-state index contributed by atoms with van der Waals surface area (Å²) in [7, 11) is 1.13. The standard InChI is InChI=1S/C24H29N3O7/c1-16(25-24(32)34-15-18-11-7-4-8-12-18)21(29)26-19(13-17-9-5-3-6-10-17)22(30)27-20(14-28)23(31)33-2/h3-12,16,19-20,28H,13-15H2,1-2H3,(H,25,32)(H,26,29)(H,27,30)/t16-,19-,20-/m0/s1. The summed E-state index contributed by atoms with van der Waals surface area (Å²) in [5.74, 6) is -2.15. The Kier molecular flexibility index (Phi) is 10.5. The lowest BCUT2D eigenvalue weighted by Gasteiger charge is -2.23. The van der Waals surface area contributed by atoms with Crippen LogP contribution in [0.2, 0.25) is 0 Å². The molecule has 3 atom stereocenters. The number of hydrogen-bond acceptors (Lipinski definition) is 7. The first-order valence-electron chi connectivity index (χ1n) is 10.6. The van der Waals surface area contributed by atoms with Gasteiger partial charge in [0, 0.05) is 6.42 Å². The van der Waals surface area contributed by atoms with E-state index in [2.05, 4.69) is 20.7 Å². The lowest BCUT2D eigenvalue weighted by Crippen LogP contribution is -2.56. The van der Waals surface area contributed by atoms with Crippen molar-refractivity contribution < 1.29 is 33.8 Å². The second-order valence-corrected chi connectivity index (χ2v) is 7.45. The average molecular weight is 472 g/mol. The molecule has 0 spiro atoms. The molecule has 2 aromatic rings. The molecule has 2 aromatic carbocycles. The molecule has 10 heteroatoms. The lowest BCUT2D eigenvalue weighted by atomic mass is 10.0. The number of amides is 3. The summed E-state index contributed by atoms with van der Waals surface area (Å²) in [6.07, 6.45) is -0.676. The van der Waals surface area contributed by atoms with Gasteiger partial charge in [-0.1, -0.05) is 60.7 Å². The van der Waals surface area contributed by atoms with Gasteiger partial charge in [-0.25, -0.2) is 9.59 Å². The van der Waals surface area contributed by atoms with Gasteiger partial charge in [-0.3, -0.25) is 9.59 Å². The molecule has 34 heavy (non-hydrogen) atoms. The van der Waals surface area contributed by atoms with Crippen LogP contribution in [0.1, 0.15) is 18.1 Å². The zero-order valence-electron chi connectivity index (χ0n) is 19.0.